The lowest BCUT2D eigenvalue weighted by atomic mass is 9.99. The lowest BCUT2D eigenvalue weighted by Gasteiger charge is -2.46. The number of allylic oxidation sites excluding steroid dienone is 2. The van der Waals surface area contributed by atoms with E-state index in [2.05, 4.69) is 19.1 Å². The van der Waals surface area contributed by atoms with Gasteiger partial charge in [0.1, 0.15) is 6.54 Å². The minimum absolute atomic E-state index is 0.0777. The average molecular weight is 344 g/mol. The molecule has 0 aromatic rings. The first-order valence-electron chi connectivity index (χ1n) is 8.99. The molecule has 0 aliphatic rings. The molecule has 24 heavy (non-hydrogen) atoms. The van der Waals surface area contributed by atoms with Crippen LogP contribution in [0.15, 0.2) is 12.2 Å². The Morgan fingerprint density at radius 3 is 1.83 bits per heavy atom. The summed E-state index contributed by atoms with van der Waals surface area (Å²) in [6, 6.07) is -1.63. The molecule has 0 spiro atoms. The molecule has 0 saturated heterocycles. The molecule has 0 aromatic heterocycles. The Morgan fingerprint density at radius 1 is 0.917 bits per heavy atom. The minimum atomic E-state index is -0.989. The molecule has 2 unspecified atom stereocenters. The predicted molar refractivity (Wildman–Crippen MR) is 93.8 cm³/mol. The molecule has 3 N–H and O–H groups in total. The van der Waals surface area contributed by atoms with Crippen LogP contribution >= 0.6 is 0 Å². The summed E-state index contributed by atoms with van der Waals surface area (Å²) in [6.45, 7) is 5.99. The van der Waals surface area contributed by atoms with Crippen molar-refractivity contribution in [3.8, 4) is 0 Å². The Balaban J connectivity index is 5.45. The van der Waals surface area contributed by atoms with E-state index < -0.39 is 24.0 Å². The van der Waals surface area contributed by atoms with Gasteiger partial charge in [0.05, 0.1) is 13.2 Å². The van der Waals surface area contributed by atoms with Crippen LogP contribution in [0, 0.1) is 0 Å². The molecule has 0 heterocycles. The number of unbranched alkanes of at least 4 members (excludes halogenated alkanes) is 2. The molecule has 6 heteroatoms. The highest BCUT2D eigenvalue weighted by Gasteiger charge is 2.48. The van der Waals surface area contributed by atoms with Gasteiger partial charge in [-0.2, -0.15) is 0 Å². The summed E-state index contributed by atoms with van der Waals surface area (Å²) in [5, 5.41) is 28.8. The van der Waals surface area contributed by atoms with E-state index in [1.807, 2.05) is 0 Å². The number of nitrogens with zero attached hydrogens (tertiary/aromatic N) is 1. The lowest BCUT2D eigenvalue weighted by Crippen LogP contribution is -2.67. The average Bonchev–Trinajstić information content (AvgIpc) is 2.51. The van der Waals surface area contributed by atoms with E-state index in [4.69, 9.17) is 0 Å². The van der Waals surface area contributed by atoms with Crippen LogP contribution < -0.4 is 0 Å². The summed E-state index contributed by atoms with van der Waals surface area (Å²) in [7, 11) is 0. The lowest BCUT2D eigenvalue weighted by molar-refractivity contribution is -0.959. The minimum Gasteiger partial charge on any atom is -0.477 e. The summed E-state index contributed by atoms with van der Waals surface area (Å²) in [5.41, 5.74) is 0. The van der Waals surface area contributed by atoms with E-state index in [9.17, 15) is 24.9 Å². The Bertz CT molecular complexity index is 386. The largest absolute Gasteiger partial charge is 0.477 e. The highest BCUT2D eigenvalue weighted by atomic mass is 16.4. The fourth-order valence-corrected chi connectivity index (χ4v) is 3.61. The van der Waals surface area contributed by atoms with Gasteiger partial charge in [-0.3, -0.25) is 4.48 Å². The number of aliphatic hydroxyl groups is 1. The molecule has 140 valence electrons. The fourth-order valence-electron chi connectivity index (χ4n) is 3.61. The number of quaternary nitrogens is 1. The molecular formula is C18H34NO5+. The van der Waals surface area contributed by atoms with Crippen molar-refractivity contribution in [1.82, 2.24) is 0 Å². The SMILES string of the molecule is CC/C=C/CCCC[N+](CCO)(C(CC)C(=O)O)C(CC)C(=O)O. The first kappa shape index (κ1) is 22.6. The van der Waals surface area contributed by atoms with E-state index in [0.29, 0.717) is 19.4 Å². The second-order valence-electron chi connectivity index (χ2n) is 6.17. The van der Waals surface area contributed by atoms with Gasteiger partial charge in [-0.1, -0.05) is 32.9 Å². The Hall–Kier alpha value is -1.40. The molecule has 0 aliphatic carbocycles. The Morgan fingerprint density at radius 2 is 1.46 bits per heavy atom. The molecule has 6 nitrogen and oxygen atoms in total. The van der Waals surface area contributed by atoms with Gasteiger partial charge in [0.15, 0.2) is 12.1 Å². The quantitative estimate of drug-likeness (QED) is 0.256. The molecule has 0 aromatic carbocycles. The van der Waals surface area contributed by atoms with Crippen molar-refractivity contribution in [2.24, 2.45) is 0 Å². The third kappa shape index (κ3) is 6.24. The molecule has 0 radical (unpaired) electrons. The number of hydrogen-bond acceptors (Lipinski definition) is 3. The van der Waals surface area contributed by atoms with Gasteiger partial charge in [-0.05, 0) is 25.7 Å². The molecule has 0 amide bonds. The number of aliphatic carboxylic acids is 2. The van der Waals surface area contributed by atoms with Crippen LogP contribution in [0.3, 0.4) is 0 Å². The van der Waals surface area contributed by atoms with E-state index in [1.54, 1.807) is 13.8 Å². The highest BCUT2D eigenvalue weighted by Crippen LogP contribution is 2.26. The van der Waals surface area contributed by atoms with Crippen LogP contribution in [0.4, 0.5) is 0 Å². The van der Waals surface area contributed by atoms with E-state index in [0.717, 1.165) is 25.7 Å². The van der Waals surface area contributed by atoms with E-state index in [-0.39, 0.29) is 17.6 Å². The fraction of sp³-hybridized carbons (Fsp3) is 0.778. The summed E-state index contributed by atoms with van der Waals surface area (Å²) < 4.78 is -0.0777. The number of carboxylic acids is 2. The first-order chi connectivity index (χ1) is 11.4. The van der Waals surface area contributed by atoms with Gasteiger partial charge in [0.2, 0.25) is 0 Å². The second-order valence-corrected chi connectivity index (χ2v) is 6.17. The van der Waals surface area contributed by atoms with Gasteiger partial charge in [-0.25, -0.2) is 9.59 Å². The monoisotopic (exact) mass is 344 g/mol. The molecule has 0 fully saturated rings. The van der Waals surface area contributed by atoms with Crippen molar-refractivity contribution < 1.29 is 29.4 Å². The van der Waals surface area contributed by atoms with Gasteiger partial charge >= 0.3 is 11.9 Å². The number of carboxylic acid groups (broad SMARTS) is 2. The van der Waals surface area contributed by atoms with Crippen molar-refractivity contribution in [2.75, 3.05) is 19.7 Å². The van der Waals surface area contributed by atoms with Crippen LogP contribution in [0.25, 0.3) is 0 Å². The van der Waals surface area contributed by atoms with Crippen LogP contribution in [-0.4, -0.2) is 63.5 Å². The summed E-state index contributed by atoms with van der Waals surface area (Å²) in [6.07, 6.45) is 8.39. The maximum atomic E-state index is 11.8. The number of rotatable bonds is 14. The molecular weight excluding hydrogens is 310 g/mol. The topological polar surface area (TPSA) is 94.8 Å². The highest BCUT2D eigenvalue weighted by molar-refractivity contribution is 5.75. The van der Waals surface area contributed by atoms with Crippen molar-refractivity contribution in [3.05, 3.63) is 12.2 Å². The molecule has 0 saturated carbocycles. The normalized spacial score (nSPS) is 16.7. The first-order valence-corrected chi connectivity index (χ1v) is 8.99. The zero-order valence-corrected chi connectivity index (χ0v) is 15.3. The smallest absolute Gasteiger partial charge is 0.362 e. The van der Waals surface area contributed by atoms with E-state index in [1.165, 1.54) is 0 Å². The third-order valence-electron chi connectivity index (χ3n) is 4.70. The van der Waals surface area contributed by atoms with Gasteiger partial charge in [-0.15, -0.1) is 0 Å². The Kier molecular flexibility index (Phi) is 11.3. The molecule has 0 aliphatic heterocycles. The van der Waals surface area contributed by atoms with E-state index >= 15 is 0 Å². The molecule has 2 atom stereocenters. The van der Waals surface area contributed by atoms with Crippen molar-refractivity contribution in [3.63, 3.8) is 0 Å². The summed E-state index contributed by atoms with van der Waals surface area (Å²) in [4.78, 5) is 23.5. The van der Waals surface area contributed by atoms with Crippen molar-refractivity contribution in [1.29, 1.82) is 0 Å². The van der Waals surface area contributed by atoms with Crippen LogP contribution in [0.1, 0.15) is 59.3 Å². The van der Waals surface area contributed by atoms with Gasteiger partial charge < -0.3 is 15.3 Å². The predicted octanol–water partition coefficient (Wildman–Crippen LogP) is 2.66. The number of carbonyl (C=O) groups is 2. The van der Waals surface area contributed by atoms with Crippen LogP contribution in [0.2, 0.25) is 0 Å². The van der Waals surface area contributed by atoms with Crippen molar-refractivity contribution in [2.45, 2.75) is 71.4 Å². The zero-order valence-electron chi connectivity index (χ0n) is 15.3. The van der Waals surface area contributed by atoms with Gasteiger partial charge in [0, 0.05) is 12.8 Å². The third-order valence-corrected chi connectivity index (χ3v) is 4.70. The Labute approximate surface area is 145 Å². The van der Waals surface area contributed by atoms with Crippen LogP contribution in [0.5, 0.6) is 0 Å². The number of aliphatic hydroxyl groups excluding tert-OH is 1. The maximum absolute atomic E-state index is 11.8. The van der Waals surface area contributed by atoms with Crippen LogP contribution in [-0.2, 0) is 9.59 Å². The molecule has 0 bridgehead atoms. The second kappa shape index (κ2) is 12.0. The summed E-state index contributed by atoms with van der Waals surface area (Å²) >= 11 is 0. The van der Waals surface area contributed by atoms with Crippen molar-refractivity contribution >= 4 is 11.9 Å². The standard InChI is InChI=1S/C18H33NO5/c1-4-7-8-9-10-11-12-19(13-14-20,15(5-2)17(21)22)16(6-3)18(23)24/h7-8,15-16,20H,4-6,9-14H2,1-3H3,(H-,21,22,23,24)/p+1/b8-7+. The van der Waals surface area contributed by atoms with Gasteiger partial charge in [0.25, 0.3) is 0 Å². The zero-order chi connectivity index (χ0) is 18.6. The summed E-state index contributed by atoms with van der Waals surface area (Å²) in [5.74, 6) is -1.98. The maximum Gasteiger partial charge on any atom is 0.362 e. The molecule has 0 rings (SSSR count). The number of hydrogen-bond donors (Lipinski definition) is 3.